The molecular weight excluding hydrogens is 580 g/mol. The van der Waals surface area contributed by atoms with Gasteiger partial charge in [0.25, 0.3) is 0 Å². The van der Waals surface area contributed by atoms with E-state index in [2.05, 4.69) is 5.32 Å². The summed E-state index contributed by atoms with van der Waals surface area (Å²) in [6.07, 6.45) is 1.20. The fourth-order valence-corrected chi connectivity index (χ4v) is 5.36. The summed E-state index contributed by atoms with van der Waals surface area (Å²) in [4.78, 5) is 27.7. The minimum absolute atomic E-state index is 0.0133. The van der Waals surface area contributed by atoms with Gasteiger partial charge in [0, 0.05) is 23.1 Å². The quantitative estimate of drug-likeness (QED) is 0.355. The van der Waals surface area contributed by atoms with Crippen LogP contribution in [0.1, 0.15) is 25.8 Å². The number of rotatable bonds is 10. The van der Waals surface area contributed by atoms with E-state index in [1.165, 1.54) is 23.1 Å². The maximum Gasteiger partial charge on any atom is 0.244 e. The molecule has 0 unspecified atom stereocenters. The third-order valence-electron chi connectivity index (χ3n) is 5.03. The van der Waals surface area contributed by atoms with Crippen molar-refractivity contribution in [2.45, 2.75) is 32.9 Å². The Morgan fingerprint density at radius 1 is 0.943 bits per heavy atom. The first-order chi connectivity index (χ1) is 16.3. The van der Waals surface area contributed by atoms with Crippen molar-refractivity contribution >= 4 is 85.5 Å². The molecule has 0 aromatic heterocycles. The molecule has 2 amide bonds. The predicted octanol–water partition coefficient (Wildman–Crippen LogP) is 5.66. The monoisotopic (exact) mass is 601 g/mol. The highest BCUT2D eigenvalue weighted by molar-refractivity contribution is 7.92. The fourth-order valence-electron chi connectivity index (χ4n) is 3.34. The van der Waals surface area contributed by atoms with Crippen LogP contribution < -0.4 is 9.62 Å². The summed E-state index contributed by atoms with van der Waals surface area (Å²) >= 11 is 30.6. The van der Waals surface area contributed by atoms with E-state index in [0.29, 0.717) is 22.2 Å². The standard InChI is InChI=1S/C22H24Cl5N3O4S/c1-4-19(22(32)28-5-2)29(11-13-6-7-14(23)8-15(13)24)21(31)12-30(35(3,33)34)20-10-17(26)16(25)9-18(20)27/h6-10,19H,4-5,11-12H2,1-3H3,(H,28,32)/t19-/m0/s1. The van der Waals surface area contributed by atoms with Crippen molar-refractivity contribution in [1.29, 1.82) is 0 Å². The molecule has 0 bridgehead atoms. The lowest BCUT2D eigenvalue weighted by molar-refractivity contribution is -0.140. The molecule has 0 fully saturated rings. The normalized spacial score (nSPS) is 12.2. The number of amides is 2. The van der Waals surface area contributed by atoms with E-state index >= 15 is 0 Å². The Hall–Kier alpha value is -1.42. The summed E-state index contributed by atoms with van der Waals surface area (Å²) in [6.45, 7) is 3.15. The third-order valence-corrected chi connectivity index (χ3v) is 7.77. The van der Waals surface area contributed by atoms with E-state index in [-0.39, 0.29) is 39.6 Å². The summed E-state index contributed by atoms with van der Waals surface area (Å²) in [5.41, 5.74) is 0.512. The van der Waals surface area contributed by atoms with Crippen molar-refractivity contribution in [1.82, 2.24) is 10.2 Å². The molecule has 0 saturated heterocycles. The molecule has 0 saturated carbocycles. The number of nitrogens with one attached hydrogen (secondary N) is 1. The van der Waals surface area contributed by atoms with Gasteiger partial charge in [0.15, 0.2) is 0 Å². The molecule has 192 valence electrons. The molecular formula is C22H24Cl5N3O4S. The number of likely N-dealkylation sites (N-methyl/N-ethyl adjacent to an activating group) is 1. The average molecular weight is 604 g/mol. The fraction of sp³-hybridized carbons (Fsp3) is 0.364. The Kier molecular flexibility index (Phi) is 10.8. The van der Waals surface area contributed by atoms with Gasteiger partial charge in [-0.25, -0.2) is 8.42 Å². The lowest BCUT2D eigenvalue weighted by Crippen LogP contribution is -2.52. The van der Waals surface area contributed by atoms with Crippen molar-refractivity contribution in [2.75, 3.05) is 23.7 Å². The lowest BCUT2D eigenvalue weighted by Gasteiger charge is -2.33. The average Bonchev–Trinajstić information content (AvgIpc) is 2.75. The molecule has 0 aliphatic carbocycles. The zero-order chi connectivity index (χ0) is 26.5. The molecule has 7 nitrogen and oxygen atoms in total. The Morgan fingerprint density at radius 3 is 2.11 bits per heavy atom. The van der Waals surface area contributed by atoms with Gasteiger partial charge in [-0.15, -0.1) is 0 Å². The van der Waals surface area contributed by atoms with Crippen LogP contribution in [0.25, 0.3) is 0 Å². The highest BCUT2D eigenvalue weighted by Crippen LogP contribution is 2.36. The minimum Gasteiger partial charge on any atom is -0.355 e. The second kappa shape index (κ2) is 12.7. The smallest absolute Gasteiger partial charge is 0.244 e. The maximum atomic E-state index is 13.6. The number of hydrogen-bond donors (Lipinski definition) is 1. The van der Waals surface area contributed by atoms with E-state index in [1.807, 2.05) is 0 Å². The molecule has 1 atom stereocenters. The van der Waals surface area contributed by atoms with Crippen LogP contribution in [0.5, 0.6) is 0 Å². The summed E-state index contributed by atoms with van der Waals surface area (Å²) in [5, 5.41) is 3.59. The summed E-state index contributed by atoms with van der Waals surface area (Å²) in [5.74, 6) is -1.03. The van der Waals surface area contributed by atoms with Crippen LogP contribution in [0.15, 0.2) is 30.3 Å². The lowest BCUT2D eigenvalue weighted by atomic mass is 10.1. The molecule has 2 aromatic carbocycles. The van der Waals surface area contributed by atoms with Gasteiger partial charge in [0.1, 0.15) is 12.6 Å². The highest BCUT2D eigenvalue weighted by Gasteiger charge is 2.32. The number of carbonyl (C=O) groups is 2. The number of anilines is 1. The van der Waals surface area contributed by atoms with E-state index in [1.54, 1.807) is 26.0 Å². The molecule has 2 rings (SSSR count). The number of hydrogen-bond acceptors (Lipinski definition) is 4. The van der Waals surface area contributed by atoms with Gasteiger partial charge in [-0.2, -0.15) is 0 Å². The second-order valence-electron chi connectivity index (χ2n) is 7.56. The van der Waals surface area contributed by atoms with Crippen LogP contribution in [0, 0.1) is 0 Å². The van der Waals surface area contributed by atoms with Crippen molar-refractivity contribution in [2.24, 2.45) is 0 Å². The summed E-state index contributed by atoms with van der Waals surface area (Å²) < 4.78 is 26.2. The van der Waals surface area contributed by atoms with Crippen molar-refractivity contribution in [3.8, 4) is 0 Å². The van der Waals surface area contributed by atoms with Crippen LogP contribution in [0.2, 0.25) is 25.1 Å². The molecule has 0 spiro atoms. The predicted molar refractivity (Wildman–Crippen MR) is 143 cm³/mol. The Labute approximate surface area is 230 Å². The highest BCUT2D eigenvalue weighted by atomic mass is 35.5. The van der Waals surface area contributed by atoms with Crippen molar-refractivity contribution < 1.29 is 18.0 Å². The Balaban J connectivity index is 2.53. The zero-order valence-electron chi connectivity index (χ0n) is 19.1. The molecule has 2 aromatic rings. The first kappa shape index (κ1) is 29.8. The third kappa shape index (κ3) is 7.78. The van der Waals surface area contributed by atoms with Gasteiger partial charge in [-0.3, -0.25) is 13.9 Å². The maximum absolute atomic E-state index is 13.6. The van der Waals surface area contributed by atoms with Crippen LogP contribution in [0.3, 0.4) is 0 Å². The van der Waals surface area contributed by atoms with Crippen LogP contribution in [-0.4, -0.2) is 50.5 Å². The van der Waals surface area contributed by atoms with Crippen LogP contribution in [0.4, 0.5) is 5.69 Å². The van der Waals surface area contributed by atoms with Crippen molar-refractivity contribution in [3.63, 3.8) is 0 Å². The molecule has 0 heterocycles. The van der Waals surface area contributed by atoms with Gasteiger partial charge < -0.3 is 10.2 Å². The number of nitrogens with zero attached hydrogens (tertiary/aromatic N) is 2. The Bertz CT molecular complexity index is 1210. The number of halogens is 5. The van der Waals surface area contributed by atoms with Gasteiger partial charge in [0.2, 0.25) is 21.8 Å². The van der Waals surface area contributed by atoms with E-state index in [4.69, 9.17) is 58.0 Å². The van der Waals surface area contributed by atoms with E-state index in [0.717, 1.165) is 10.6 Å². The molecule has 0 aliphatic rings. The summed E-state index contributed by atoms with van der Waals surface area (Å²) in [6, 6.07) is 6.43. The second-order valence-corrected chi connectivity index (χ2v) is 11.5. The molecule has 1 N–H and O–H groups in total. The molecule has 35 heavy (non-hydrogen) atoms. The molecule has 0 radical (unpaired) electrons. The first-order valence-electron chi connectivity index (χ1n) is 10.4. The molecule has 13 heteroatoms. The SMILES string of the molecule is CCNC(=O)[C@H](CC)N(Cc1ccc(Cl)cc1Cl)C(=O)CN(c1cc(Cl)c(Cl)cc1Cl)S(C)(=O)=O. The van der Waals surface area contributed by atoms with Crippen LogP contribution >= 0.6 is 58.0 Å². The Morgan fingerprint density at radius 2 is 1.57 bits per heavy atom. The topological polar surface area (TPSA) is 86.8 Å². The van der Waals surface area contributed by atoms with Gasteiger partial charge in [-0.05, 0) is 43.2 Å². The number of carbonyl (C=O) groups excluding carboxylic acids is 2. The molecule has 0 aliphatic heterocycles. The van der Waals surface area contributed by atoms with E-state index < -0.39 is 28.5 Å². The number of sulfonamides is 1. The first-order valence-corrected chi connectivity index (χ1v) is 14.2. The van der Waals surface area contributed by atoms with Gasteiger partial charge in [-0.1, -0.05) is 71.0 Å². The van der Waals surface area contributed by atoms with E-state index in [9.17, 15) is 18.0 Å². The zero-order valence-corrected chi connectivity index (χ0v) is 23.7. The van der Waals surface area contributed by atoms with Crippen molar-refractivity contribution in [3.05, 3.63) is 61.0 Å². The largest absolute Gasteiger partial charge is 0.355 e. The number of benzene rings is 2. The minimum atomic E-state index is -3.99. The summed E-state index contributed by atoms with van der Waals surface area (Å²) in [7, 11) is -3.99. The van der Waals surface area contributed by atoms with Gasteiger partial charge >= 0.3 is 0 Å². The van der Waals surface area contributed by atoms with Crippen LogP contribution in [-0.2, 0) is 26.2 Å². The van der Waals surface area contributed by atoms with Gasteiger partial charge in [0.05, 0.1) is 27.0 Å².